The molecule has 3 amide bonds. The van der Waals surface area contributed by atoms with Gasteiger partial charge in [-0.25, -0.2) is 0 Å². The topological polar surface area (TPSA) is 101 Å². The number of nitrogens with zero attached hydrogens (tertiary/aromatic N) is 3. The van der Waals surface area contributed by atoms with Crippen molar-refractivity contribution < 1.29 is 19.3 Å². The van der Waals surface area contributed by atoms with Crippen molar-refractivity contribution in [1.29, 1.82) is 0 Å². The predicted molar refractivity (Wildman–Crippen MR) is 113 cm³/mol. The zero-order valence-corrected chi connectivity index (χ0v) is 16.5. The summed E-state index contributed by atoms with van der Waals surface area (Å²) in [6, 6.07) is 18.8. The molecule has 3 aromatic carbocycles. The van der Waals surface area contributed by atoms with Gasteiger partial charge in [-0.3, -0.25) is 34.3 Å². The number of hydrogen-bond acceptors (Lipinski definition) is 5. The van der Waals surface area contributed by atoms with Gasteiger partial charge in [-0.15, -0.1) is 0 Å². The SMILES string of the molecule is Cc1ccccc1N(CN1C(=O)c2ccccc2C1=O)C(=O)c1ccc([N+](=O)[O-])cc1. The van der Waals surface area contributed by atoms with Crippen LogP contribution in [-0.2, 0) is 0 Å². The Labute approximate surface area is 177 Å². The lowest BCUT2D eigenvalue weighted by atomic mass is 10.1. The quantitative estimate of drug-likeness (QED) is 0.358. The summed E-state index contributed by atoms with van der Waals surface area (Å²) in [6.07, 6.45) is 0. The molecule has 1 heterocycles. The normalized spacial score (nSPS) is 12.6. The summed E-state index contributed by atoms with van der Waals surface area (Å²) < 4.78 is 0. The predicted octanol–water partition coefficient (Wildman–Crippen LogP) is 3.80. The van der Waals surface area contributed by atoms with E-state index in [1.165, 1.54) is 29.2 Å². The first-order valence-electron chi connectivity index (χ1n) is 9.45. The van der Waals surface area contributed by atoms with Crippen LogP contribution in [0.1, 0.15) is 36.6 Å². The fraction of sp³-hybridized carbons (Fsp3) is 0.0870. The number of amides is 3. The van der Waals surface area contributed by atoms with Crippen molar-refractivity contribution in [2.45, 2.75) is 6.92 Å². The largest absolute Gasteiger partial charge is 0.289 e. The van der Waals surface area contributed by atoms with Gasteiger partial charge in [-0.2, -0.15) is 0 Å². The highest BCUT2D eigenvalue weighted by molar-refractivity contribution is 6.22. The zero-order valence-electron chi connectivity index (χ0n) is 16.5. The number of imide groups is 1. The van der Waals surface area contributed by atoms with Crippen molar-refractivity contribution in [2.75, 3.05) is 11.6 Å². The average Bonchev–Trinajstić information content (AvgIpc) is 3.02. The van der Waals surface area contributed by atoms with Gasteiger partial charge in [0.2, 0.25) is 0 Å². The van der Waals surface area contributed by atoms with Gasteiger partial charge in [0.1, 0.15) is 6.67 Å². The number of non-ortho nitro benzene ring substituents is 1. The molecule has 0 N–H and O–H groups in total. The molecule has 0 unspecified atom stereocenters. The van der Waals surface area contributed by atoms with Crippen molar-refractivity contribution in [3.05, 3.63) is 105 Å². The van der Waals surface area contributed by atoms with Gasteiger partial charge in [0, 0.05) is 23.4 Å². The number of rotatable bonds is 5. The minimum atomic E-state index is -0.549. The molecule has 0 atom stereocenters. The van der Waals surface area contributed by atoms with Crippen molar-refractivity contribution in [1.82, 2.24) is 4.90 Å². The highest BCUT2D eigenvalue weighted by atomic mass is 16.6. The first-order chi connectivity index (χ1) is 14.9. The second kappa shape index (κ2) is 7.83. The van der Waals surface area contributed by atoms with Crippen molar-refractivity contribution in [3.63, 3.8) is 0 Å². The highest BCUT2D eigenvalue weighted by Crippen LogP contribution is 2.27. The maximum atomic E-state index is 13.4. The average molecular weight is 415 g/mol. The van der Waals surface area contributed by atoms with Crippen LogP contribution in [0.3, 0.4) is 0 Å². The van der Waals surface area contributed by atoms with Crippen LogP contribution in [0.2, 0.25) is 0 Å². The molecule has 3 aromatic rings. The van der Waals surface area contributed by atoms with Gasteiger partial charge in [0.05, 0.1) is 16.1 Å². The summed E-state index contributed by atoms with van der Waals surface area (Å²) in [5, 5.41) is 10.9. The molecule has 0 bridgehead atoms. The smallest absolute Gasteiger partial charge is 0.269 e. The number of aryl methyl sites for hydroxylation is 1. The van der Waals surface area contributed by atoms with E-state index in [0.29, 0.717) is 16.8 Å². The van der Waals surface area contributed by atoms with E-state index in [0.717, 1.165) is 10.5 Å². The summed E-state index contributed by atoms with van der Waals surface area (Å²) in [5.74, 6) is -1.44. The van der Waals surface area contributed by atoms with Gasteiger partial charge in [0.15, 0.2) is 0 Å². The van der Waals surface area contributed by atoms with Crippen LogP contribution in [0.5, 0.6) is 0 Å². The van der Waals surface area contributed by atoms with Crippen LogP contribution >= 0.6 is 0 Å². The van der Waals surface area contributed by atoms with Crippen LogP contribution in [-0.4, -0.2) is 34.2 Å². The molecule has 0 spiro atoms. The number of fused-ring (bicyclic) bond motifs is 1. The molecule has 0 aromatic heterocycles. The molecule has 31 heavy (non-hydrogen) atoms. The van der Waals surface area contributed by atoms with Gasteiger partial charge in [-0.05, 0) is 42.8 Å². The summed E-state index contributed by atoms with van der Waals surface area (Å²) >= 11 is 0. The number of benzene rings is 3. The zero-order chi connectivity index (χ0) is 22.1. The standard InChI is InChI=1S/C23H17N3O5/c1-15-6-2-5-9-20(15)24(21(27)16-10-12-17(13-11-16)26(30)31)14-25-22(28)18-7-3-4-8-19(18)23(25)29/h2-13H,14H2,1H3. The van der Waals surface area contributed by atoms with E-state index >= 15 is 0 Å². The summed E-state index contributed by atoms with van der Waals surface area (Å²) in [5.41, 5.74) is 1.95. The van der Waals surface area contributed by atoms with E-state index < -0.39 is 22.6 Å². The van der Waals surface area contributed by atoms with E-state index in [-0.39, 0.29) is 17.9 Å². The first kappa shape index (κ1) is 20.0. The highest BCUT2D eigenvalue weighted by Gasteiger charge is 2.37. The number of hydrogen-bond donors (Lipinski definition) is 0. The summed E-state index contributed by atoms with van der Waals surface area (Å²) in [4.78, 5) is 51.8. The Morgan fingerprint density at radius 1 is 0.903 bits per heavy atom. The Balaban J connectivity index is 1.72. The molecule has 1 aliphatic heterocycles. The number of para-hydroxylation sites is 1. The molecule has 8 nitrogen and oxygen atoms in total. The Kier molecular flexibility index (Phi) is 5.04. The monoisotopic (exact) mass is 415 g/mol. The van der Waals surface area contributed by atoms with Crippen LogP contribution < -0.4 is 4.90 Å². The van der Waals surface area contributed by atoms with Crippen LogP contribution in [0.25, 0.3) is 0 Å². The lowest BCUT2D eigenvalue weighted by molar-refractivity contribution is -0.384. The molecule has 8 heteroatoms. The molecular weight excluding hydrogens is 398 g/mol. The Hall–Kier alpha value is -4.33. The lowest BCUT2D eigenvalue weighted by Gasteiger charge is -2.28. The van der Waals surface area contributed by atoms with E-state index in [9.17, 15) is 24.5 Å². The third kappa shape index (κ3) is 3.55. The number of carbonyl (C=O) groups excluding carboxylic acids is 3. The molecule has 0 aliphatic carbocycles. The maximum absolute atomic E-state index is 13.4. The molecule has 0 fully saturated rings. The molecular formula is C23H17N3O5. The number of anilines is 1. The van der Waals surface area contributed by atoms with Crippen molar-refractivity contribution in [2.24, 2.45) is 0 Å². The second-order valence-electron chi connectivity index (χ2n) is 7.05. The Morgan fingerprint density at radius 2 is 1.45 bits per heavy atom. The fourth-order valence-corrected chi connectivity index (χ4v) is 3.51. The number of nitro benzene ring substituents is 1. The Morgan fingerprint density at radius 3 is 2.00 bits per heavy atom. The van der Waals surface area contributed by atoms with Gasteiger partial charge >= 0.3 is 0 Å². The molecule has 0 saturated carbocycles. The summed E-state index contributed by atoms with van der Waals surface area (Å²) in [6.45, 7) is 1.53. The minimum absolute atomic E-state index is 0.140. The minimum Gasteiger partial charge on any atom is -0.289 e. The number of nitro groups is 1. The lowest BCUT2D eigenvalue weighted by Crippen LogP contribution is -2.44. The second-order valence-corrected chi connectivity index (χ2v) is 7.05. The van der Waals surface area contributed by atoms with Gasteiger partial charge < -0.3 is 0 Å². The third-order valence-corrected chi connectivity index (χ3v) is 5.14. The van der Waals surface area contributed by atoms with E-state index in [4.69, 9.17) is 0 Å². The molecule has 0 radical (unpaired) electrons. The fourth-order valence-electron chi connectivity index (χ4n) is 3.51. The molecule has 0 saturated heterocycles. The Bertz CT molecular complexity index is 1180. The number of carbonyl (C=O) groups is 3. The van der Waals surface area contributed by atoms with E-state index in [1.807, 2.05) is 19.1 Å². The van der Waals surface area contributed by atoms with E-state index in [2.05, 4.69) is 0 Å². The summed E-state index contributed by atoms with van der Waals surface area (Å²) in [7, 11) is 0. The first-order valence-corrected chi connectivity index (χ1v) is 9.45. The van der Waals surface area contributed by atoms with Crippen molar-refractivity contribution >= 4 is 29.1 Å². The molecule has 154 valence electrons. The van der Waals surface area contributed by atoms with Crippen LogP contribution in [0.15, 0.2) is 72.8 Å². The molecule has 4 rings (SSSR count). The van der Waals surface area contributed by atoms with Crippen LogP contribution in [0, 0.1) is 17.0 Å². The van der Waals surface area contributed by atoms with E-state index in [1.54, 1.807) is 36.4 Å². The van der Waals surface area contributed by atoms with Gasteiger partial charge in [0.25, 0.3) is 23.4 Å². The van der Waals surface area contributed by atoms with Gasteiger partial charge in [-0.1, -0.05) is 30.3 Å². The van der Waals surface area contributed by atoms with Crippen molar-refractivity contribution in [3.8, 4) is 0 Å². The third-order valence-electron chi connectivity index (χ3n) is 5.14. The molecule has 1 aliphatic rings. The maximum Gasteiger partial charge on any atom is 0.269 e. The van der Waals surface area contributed by atoms with Crippen LogP contribution in [0.4, 0.5) is 11.4 Å².